The molecule has 0 saturated carbocycles. The van der Waals surface area contributed by atoms with E-state index in [4.69, 9.17) is 5.73 Å². The molecule has 1 aliphatic heterocycles. The molecule has 1 aromatic heterocycles. The number of anilines is 2. The van der Waals surface area contributed by atoms with E-state index >= 15 is 0 Å². The molecule has 0 bridgehead atoms. The Balaban J connectivity index is 1.97. The van der Waals surface area contributed by atoms with Crippen molar-refractivity contribution in [3.63, 3.8) is 0 Å². The van der Waals surface area contributed by atoms with E-state index in [2.05, 4.69) is 32.1 Å². The molecule has 8 heteroatoms. The second kappa shape index (κ2) is 7.83. The zero-order valence-electron chi connectivity index (χ0n) is 14.6. The Morgan fingerprint density at radius 2 is 1.62 bits per heavy atom. The van der Waals surface area contributed by atoms with Gasteiger partial charge in [-0.1, -0.05) is 40.6 Å². The largest absolute Gasteiger partial charge is 0.410 e. The Morgan fingerprint density at radius 3 is 2.23 bits per heavy atom. The van der Waals surface area contributed by atoms with Crippen molar-refractivity contribution < 1.29 is 10.4 Å². The number of nitrogens with zero attached hydrogens (tertiary/aromatic N) is 5. The van der Waals surface area contributed by atoms with Crippen LogP contribution in [0, 0.1) is 0 Å². The second-order valence-corrected chi connectivity index (χ2v) is 6.16. The van der Waals surface area contributed by atoms with Gasteiger partial charge >= 0.3 is 0 Å². The van der Waals surface area contributed by atoms with Crippen LogP contribution in [0.15, 0.2) is 52.8 Å². The third-order valence-electron chi connectivity index (χ3n) is 4.43. The van der Waals surface area contributed by atoms with Gasteiger partial charge in [-0.05, 0) is 19.2 Å². The lowest BCUT2D eigenvalue weighted by atomic mass is 10.0. The fourth-order valence-corrected chi connectivity index (χ4v) is 2.91. The molecular formula is C18H22N6O2. The predicted molar refractivity (Wildman–Crippen MR) is 101 cm³/mol. The summed E-state index contributed by atoms with van der Waals surface area (Å²) in [5.41, 5.74) is 7.40. The molecule has 0 unspecified atom stereocenters. The van der Waals surface area contributed by atoms with Crippen molar-refractivity contribution in [1.82, 2.24) is 9.88 Å². The molecule has 0 spiro atoms. The van der Waals surface area contributed by atoms with Gasteiger partial charge in [0.05, 0.1) is 5.69 Å². The number of nitrogen functional groups attached to an aromatic ring is 1. The van der Waals surface area contributed by atoms with Crippen LogP contribution in [0.4, 0.5) is 11.5 Å². The minimum atomic E-state index is 0.0205. The van der Waals surface area contributed by atoms with E-state index in [0.717, 1.165) is 32.0 Å². The molecule has 1 saturated heterocycles. The molecule has 3 rings (SSSR count). The summed E-state index contributed by atoms with van der Waals surface area (Å²) < 4.78 is 0. The number of nitrogens with two attached hydrogens (primary N) is 1. The Morgan fingerprint density at radius 1 is 0.962 bits per heavy atom. The van der Waals surface area contributed by atoms with Crippen LogP contribution in [0.25, 0.3) is 0 Å². The van der Waals surface area contributed by atoms with Crippen LogP contribution in [0.1, 0.15) is 11.3 Å². The molecule has 2 heterocycles. The molecule has 136 valence electrons. The van der Waals surface area contributed by atoms with Crippen molar-refractivity contribution in [3.8, 4) is 0 Å². The average molecular weight is 354 g/mol. The molecule has 1 fully saturated rings. The standard InChI is InChI=1S/C18H22N6O2/c1-23-9-11-24(12-10-23)15-8-7-14(19)17(20-15)18(22-26)16(21-25)13-5-3-2-4-6-13/h2-8,25-26H,9-12,19H2,1H3. The van der Waals surface area contributed by atoms with Crippen molar-refractivity contribution in [2.75, 3.05) is 43.9 Å². The van der Waals surface area contributed by atoms with E-state index in [1.807, 2.05) is 12.1 Å². The van der Waals surface area contributed by atoms with Gasteiger partial charge in [0.15, 0.2) is 5.71 Å². The van der Waals surface area contributed by atoms with Gasteiger partial charge in [-0.25, -0.2) is 4.98 Å². The fraction of sp³-hybridized carbons (Fsp3) is 0.278. The van der Waals surface area contributed by atoms with Crippen LogP contribution in [0.3, 0.4) is 0 Å². The lowest BCUT2D eigenvalue weighted by molar-refractivity contribution is 0.312. The van der Waals surface area contributed by atoms with Gasteiger partial charge in [-0.3, -0.25) is 0 Å². The van der Waals surface area contributed by atoms with Crippen molar-refractivity contribution in [2.24, 2.45) is 10.3 Å². The number of rotatable bonds is 4. The summed E-state index contributed by atoms with van der Waals surface area (Å²) in [4.78, 5) is 8.99. The maximum absolute atomic E-state index is 9.58. The van der Waals surface area contributed by atoms with Gasteiger partial charge in [0.2, 0.25) is 0 Å². The Kier molecular flexibility index (Phi) is 5.33. The molecule has 0 amide bonds. The smallest absolute Gasteiger partial charge is 0.160 e. The Hall–Kier alpha value is -3.13. The highest BCUT2D eigenvalue weighted by atomic mass is 16.4. The highest BCUT2D eigenvalue weighted by Gasteiger charge is 2.22. The van der Waals surface area contributed by atoms with Gasteiger partial charge in [-0.2, -0.15) is 0 Å². The number of pyridine rings is 1. The van der Waals surface area contributed by atoms with Crippen molar-refractivity contribution in [1.29, 1.82) is 0 Å². The summed E-state index contributed by atoms with van der Waals surface area (Å²) in [7, 11) is 2.08. The molecule has 0 aliphatic carbocycles. The average Bonchev–Trinajstić information content (AvgIpc) is 2.68. The number of oxime groups is 2. The Labute approximate surface area is 151 Å². The second-order valence-electron chi connectivity index (χ2n) is 6.16. The van der Waals surface area contributed by atoms with E-state index in [0.29, 0.717) is 11.3 Å². The minimum absolute atomic E-state index is 0.0205. The van der Waals surface area contributed by atoms with Gasteiger partial charge in [-0.15, -0.1) is 0 Å². The molecule has 26 heavy (non-hydrogen) atoms. The third kappa shape index (κ3) is 3.60. The maximum Gasteiger partial charge on any atom is 0.160 e. The van der Waals surface area contributed by atoms with E-state index in [9.17, 15) is 10.4 Å². The topological polar surface area (TPSA) is 111 Å². The normalized spacial score (nSPS) is 16.7. The van der Waals surface area contributed by atoms with E-state index in [-0.39, 0.29) is 17.1 Å². The molecule has 4 N–H and O–H groups in total. The third-order valence-corrected chi connectivity index (χ3v) is 4.43. The molecule has 0 radical (unpaired) electrons. The van der Waals surface area contributed by atoms with Crippen molar-refractivity contribution >= 4 is 22.9 Å². The van der Waals surface area contributed by atoms with Gasteiger partial charge < -0.3 is 25.9 Å². The van der Waals surface area contributed by atoms with Crippen molar-refractivity contribution in [2.45, 2.75) is 0 Å². The number of likely N-dealkylation sites (N-methyl/N-ethyl adjacent to an activating group) is 1. The lowest BCUT2D eigenvalue weighted by Gasteiger charge is -2.33. The first-order valence-corrected chi connectivity index (χ1v) is 8.34. The first kappa shape index (κ1) is 17.7. The summed E-state index contributed by atoms with van der Waals surface area (Å²) in [6.45, 7) is 3.57. The number of hydrogen-bond donors (Lipinski definition) is 3. The zero-order chi connectivity index (χ0) is 18.5. The quantitative estimate of drug-likeness (QED) is 0.436. The van der Waals surface area contributed by atoms with Crippen LogP contribution in [0.2, 0.25) is 0 Å². The van der Waals surface area contributed by atoms with Crippen LogP contribution >= 0.6 is 0 Å². The summed E-state index contributed by atoms with van der Waals surface area (Å²) in [5.74, 6) is 0.744. The predicted octanol–water partition coefficient (Wildman–Crippen LogP) is 1.47. The van der Waals surface area contributed by atoms with Gasteiger partial charge in [0.25, 0.3) is 0 Å². The SMILES string of the molecule is CN1CCN(c2ccc(N)c(C(=NO)C(=NO)c3ccccc3)n2)CC1. The van der Waals surface area contributed by atoms with Crippen LogP contribution < -0.4 is 10.6 Å². The van der Waals surface area contributed by atoms with Crippen molar-refractivity contribution in [3.05, 3.63) is 53.7 Å². The monoisotopic (exact) mass is 354 g/mol. The molecular weight excluding hydrogens is 332 g/mol. The van der Waals surface area contributed by atoms with Gasteiger partial charge in [0.1, 0.15) is 17.2 Å². The van der Waals surface area contributed by atoms with E-state index in [1.54, 1.807) is 30.3 Å². The highest BCUT2D eigenvalue weighted by molar-refractivity contribution is 6.53. The zero-order valence-corrected chi connectivity index (χ0v) is 14.6. The van der Waals surface area contributed by atoms with Gasteiger partial charge in [0, 0.05) is 31.7 Å². The van der Waals surface area contributed by atoms with Crippen LogP contribution in [0.5, 0.6) is 0 Å². The highest BCUT2D eigenvalue weighted by Crippen LogP contribution is 2.20. The van der Waals surface area contributed by atoms with Crippen LogP contribution in [-0.4, -0.2) is 64.9 Å². The van der Waals surface area contributed by atoms with E-state index in [1.165, 1.54) is 0 Å². The maximum atomic E-state index is 9.58. The first-order valence-electron chi connectivity index (χ1n) is 8.34. The summed E-state index contributed by atoms with van der Waals surface area (Å²) >= 11 is 0. The first-order chi connectivity index (χ1) is 12.6. The molecule has 2 aromatic rings. The summed E-state index contributed by atoms with van der Waals surface area (Å²) in [6, 6.07) is 12.5. The number of benzene rings is 1. The lowest BCUT2D eigenvalue weighted by Crippen LogP contribution is -2.45. The number of aromatic nitrogens is 1. The minimum Gasteiger partial charge on any atom is -0.410 e. The molecule has 1 aliphatic rings. The fourth-order valence-electron chi connectivity index (χ4n) is 2.91. The van der Waals surface area contributed by atoms with E-state index < -0.39 is 0 Å². The summed E-state index contributed by atoms with van der Waals surface area (Å²) in [5, 5.41) is 25.7. The molecule has 1 aromatic carbocycles. The number of hydrogen-bond acceptors (Lipinski definition) is 8. The Bertz CT molecular complexity index is 814. The molecule has 0 atom stereocenters. The number of piperazine rings is 1. The summed E-state index contributed by atoms with van der Waals surface area (Å²) in [6.07, 6.45) is 0. The molecule has 8 nitrogen and oxygen atoms in total. The van der Waals surface area contributed by atoms with Crippen LogP contribution in [-0.2, 0) is 0 Å².